The van der Waals surface area contributed by atoms with Gasteiger partial charge in [0.2, 0.25) is 0 Å². The van der Waals surface area contributed by atoms with Crippen molar-refractivity contribution in [2.45, 2.75) is 6.42 Å². The summed E-state index contributed by atoms with van der Waals surface area (Å²) in [6.45, 7) is 1.56. The standard InChI is InChI=1S/C14H17N3O/c1-15-9-4-10-16-14(18)13-8-7-11-5-2-3-6-12(11)17-13/h2-3,5-8,15H,4,9-10H2,1H3,(H,16,18). The first-order chi connectivity index (χ1) is 8.81. The molecule has 0 atom stereocenters. The molecule has 0 radical (unpaired) electrons. The van der Waals surface area contributed by atoms with E-state index in [1.165, 1.54) is 0 Å². The van der Waals surface area contributed by atoms with E-state index in [-0.39, 0.29) is 5.91 Å². The number of para-hydroxylation sites is 1. The zero-order valence-electron chi connectivity index (χ0n) is 10.4. The summed E-state index contributed by atoms with van der Waals surface area (Å²) in [4.78, 5) is 16.2. The lowest BCUT2D eigenvalue weighted by Crippen LogP contribution is -2.27. The van der Waals surface area contributed by atoms with Crippen LogP contribution < -0.4 is 10.6 Å². The average Bonchev–Trinajstić information content (AvgIpc) is 2.43. The summed E-state index contributed by atoms with van der Waals surface area (Å²) < 4.78 is 0. The van der Waals surface area contributed by atoms with Crippen LogP contribution in [0.2, 0.25) is 0 Å². The molecule has 1 aromatic heterocycles. The molecule has 1 aromatic carbocycles. The van der Waals surface area contributed by atoms with E-state index in [4.69, 9.17) is 0 Å². The van der Waals surface area contributed by atoms with Gasteiger partial charge in [-0.1, -0.05) is 24.3 Å². The second-order valence-electron chi connectivity index (χ2n) is 4.10. The third-order valence-corrected chi connectivity index (χ3v) is 2.72. The van der Waals surface area contributed by atoms with E-state index >= 15 is 0 Å². The SMILES string of the molecule is CNCCCNC(=O)c1ccc2ccccc2n1. The highest BCUT2D eigenvalue weighted by Gasteiger charge is 2.06. The Morgan fingerprint density at radius 1 is 1.17 bits per heavy atom. The van der Waals surface area contributed by atoms with Crippen molar-refractivity contribution in [2.75, 3.05) is 20.1 Å². The van der Waals surface area contributed by atoms with Crippen LogP contribution in [0, 0.1) is 0 Å². The number of hydrogen-bond acceptors (Lipinski definition) is 3. The van der Waals surface area contributed by atoms with Crippen molar-refractivity contribution >= 4 is 16.8 Å². The molecule has 2 N–H and O–H groups in total. The van der Waals surface area contributed by atoms with E-state index in [9.17, 15) is 4.79 Å². The number of amides is 1. The fourth-order valence-corrected chi connectivity index (χ4v) is 1.75. The molecule has 4 heteroatoms. The predicted octanol–water partition coefficient (Wildman–Crippen LogP) is 1.57. The minimum absolute atomic E-state index is 0.114. The van der Waals surface area contributed by atoms with Crippen LogP contribution in [0.5, 0.6) is 0 Å². The Bertz CT molecular complexity index is 539. The number of rotatable bonds is 5. The number of nitrogens with one attached hydrogen (secondary N) is 2. The molecule has 0 saturated carbocycles. The van der Waals surface area contributed by atoms with Crippen molar-refractivity contribution in [3.8, 4) is 0 Å². The Kier molecular flexibility index (Phi) is 4.25. The van der Waals surface area contributed by atoms with Gasteiger partial charge in [0.25, 0.3) is 5.91 Å². The van der Waals surface area contributed by atoms with Crippen molar-refractivity contribution < 1.29 is 4.79 Å². The number of carbonyl (C=O) groups is 1. The van der Waals surface area contributed by atoms with E-state index in [0.717, 1.165) is 23.9 Å². The molecule has 0 fully saturated rings. The Morgan fingerprint density at radius 2 is 2.00 bits per heavy atom. The van der Waals surface area contributed by atoms with E-state index in [0.29, 0.717) is 12.2 Å². The fraction of sp³-hybridized carbons (Fsp3) is 0.286. The lowest BCUT2D eigenvalue weighted by atomic mass is 10.2. The van der Waals surface area contributed by atoms with Gasteiger partial charge in [0.05, 0.1) is 5.52 Å². The van der Waals surface area contributed by atoms with E-state index < -0.39 is 0 Å². The molecule has 4 nitrogen and oxygen atoms in total. The van der Waals surface area contributed by atoms with Gasteiger partial charge in [-0.25, -0.2) is 4.98 Å². The summed E-state index contributed by atoms with van der Waals surface area (Å²) >= 11 is 0. The molecule has 0 spiro atoms. The summed E-state index contributed by atoms with van der Waals surface area (Å²) in [5, 5.41) is 6.94. The number of nitrogens with zero attached hydrogens (tertiary/aromatic N) is 1. The Labute approximate surface area is 106 Å². The molecule has 2 aromatic rings. The summed E-state index contributed by atoms with van der Waals surface area (Å²) in [5.41, 5.74) is 1.32. The summed E-state index contributed by atoms with van der Waals surface area (Å²) in [7, 11) is 1.90. The summed E-state index contributed by atoms with van der Waals surface area (Å²) in [6, 6.07) is 11.5. The first-order valence-electron chi connectivity index (χ1n) is 6.10. The van der Waals surface area contributed by atoms with Gasteiger partial charge in [-0.05, 0) is 32.1 Å². The predicted molar refractivity (Wildman–Crippen MR) is 72.6 cm³/mol. The van der Waals surface area contributed by atoms with Gasteiger partial charge in [0.15, 0.2) is 0 Å². The minimum atomic E-state index is -0.114. The molecule has 94 valence electrons. The molecule has 0 aliphatic heterocycles. The Balaban J connectivity index is 2.04. The van der Waals surface area contributed by atoms with E-state index in [1.807, 2.05) is 37.4 Å². The van der Waals surface area contributed by atoms with Gasteiger partial charge < -0.3 is 10.6 Å². The number of pyridine rings is 1. The maximum absolute atomic E-state index is 11.9. The molecule has 1 amide bonds. The van der Waals surface area contributed by atoms with Crippen LogP contribution in [0.1, 0.15) is 16.9 Å². The van der Waals surface area contributed by atoms with Gasteiger partial charge in [0, 0.05) is 11.9 Å². The quantitative estimate of drug-likeness (QED) is 0.784. The number of benzene rings is 1. The number of aromatic nitrogens is 1. The zero-order valence-corrected chi connectivity index (χ0v) is 10.4. The number of hydrogen-bond donors (Lipinski definition) is 2. The molecule has 0 aliphatic rings. The second kappa shape index (κ2) is 6.12. The van der Waals surface area contributed by atoms with Crippen molar-refractivity contribution in [1.29, 1.82) is 0 Å². The number of fused-ring (bicyclic) bond motifs is 1. The molecular formula is C14H17N3O. The third kappa shape index (κ3) is 3.05. The van der Waals surface area contributed by atoms with Crippen LogP contribution in [0.25, 0.3) is 10.9 Å². The van der Waals surface area contributed by atoms with Gasteiger partial charge in [-0.15, -0.1) is 0 Å². The molecule has 18 heavy (non-hydrogen) atoms. The van der Waals surface area contributed by atoms with Gasteiger partial charge >= 0.3 is 0 Å². The van der Waals surface area contributed by atoms with E-state index in [2.05, 4.69) is 15.6 Å². The third-order valence-electron chi connectivity index (χ3n) is 2.72. The van der Waals surface area contributed by atoms with Crippen LogP contribution >= 0.6 is 0 Å². The highest BCUT2D eigenvalue weighted by molar-refractivity contribution is 5.94. The van der Waals surface area contributed by atoms with Gasteiger partial charge in [-0.3, -0.25) is 4.79 Å². The lowest BCUT2D eigenvalue weighted by Gasteiger charge is -2.05. The van der Waals surface area contributed by atoms with Crippen LogP contribution in [0.4, 0.5) is 0 Å². The average molecular weight is 243 g/mol. The normalized spacial score (nSPS) is 10.5. The van der Waals surface area contributed by atoms with Crippen LogP contribution in [0.3, 0.4) is 0 Å². The maximum Gasteiger partial charge on any atom is 0.269 e. The largest absolute Gasteiger partial charge is 0.351 e. The lowest BCUT2D eigenvalue weighted by molar-refractivity contribution is 0.0948. The van der Waals surface area contributed by atoms with Crippen molar-refractivity contribution in [3.05, 3.63) is 42.1 Å². The highest BCUT2D eigenvalue weighted by Crippen LogP contribution is 2.11. The van der Waals surface area contributed by atoms with Crippen molar-refractivity contribution in [1.82, 2.24) is 15.6 Å². The molecule has 0 unspecified atom stereocenters. The smallest absolute Gasteiger partial charge is 0.269 e. The number of carbonyl (C=O) groups excluding carboxylic acids is 1. The zero-order chi connectivity index (χ0) is 12.8. The van der Waals surface area contributed by atoms with Gasteiger partial charge in [0.1, 0.15) is 5.69 Å². The first kappa shape index (κ1) is 12.5. The molecule has 0 bridgehead atoms. The van der Waals surface area contributed by atoms with Crippen LogP contribution in [-0.2, 0) is 0 Å². The Morgan fingerprint density at radius 3 is 2.83 bits per heavy atom. The molecular weight excluding hydrogens is 226 g/mol. The molecule has 1 heterocycles. The monoisotopic (exact) mass is 243 g/mol. The van der Waals surface area contributed by atoms with Crippen LogP contribution in [-0.4, -0.2) is 31.0 Å². The molecule has 2 rings (SSSR count). The van der Waals surface area contributed by atoms with Crippen molar-refractivity contribution in [3.63, 3.8) is 0 Å². The summed E-state index contributed by atoms with van der Waals surface area (Å²) in [5.74, 6) is -0.114. The first-order valence-corrected chi connectivity index (χ1v) is 6.10. The molecule has 0 saturated heterocycles. The maximum atomic E-state index is 11.9. The van der Waals surface area contributed by atoms with Gasteiger partial charge in [-0.2, -0.15) is 0 Å². The highest BCUT2D eigenvalue weighted by atomic mass is 16.1. The minimum Gasteiger partial charge on any atom is -0.351 e. The van der Waals surface area contributed by atoms with Crippen molar-refractivity contribution in [2.24, 2.45) is 0 Å². The topological polar surface area (TPSA) is 54.0 Å². The fourth-order valence-electron chi connectivity index (χ4n) is 1.75. The van der Waals surface area contributed by atoms with Crippen LogP contribution in [0.15, 0.2) is 36.4 Å². The molecule has 0 aliphatic carbocycles. The van der Waals surface area contributed by atoms with E-state index in [1.54, 1.807) is 6.07 Å². The summed E-state index contributed by atoms with van der Waals surface area (Å²) in [6.07, 6.45) is 0.913. The Hall–Kier alpha value is -1.94. The second-order valence-corrected chi connectivity index (χ2v) is 4.10.